The number of nitrogens with zero attached hydrogens (tertiary/aromatic N) is 3. The first kappa shape index (κ1) is 18.9. The van der Waals surface area contributed by atoms with Crippen molar-refractivity contribution < 1.29 is 5.11 Å². The van der Waals surface area contributed by atoms with E-state index < -0.39 is 0 Å². The fourth-order valence-electron chi connectivity index (χ4n) is 3.28. The minimum absolute atomic E-state index is 0.0422. The van der Waals surface area contributed by atoms with E-state index in [2.05, 4.69) is 45.6 Å². The number of aliphatic hydroxyl groups excluding tert-OH is 1. The summed E-state index contributed by atoms with van der Waals surface area (Å²) >= 11 is 0. The van der Waals surface area contributed by atoms with Gasteiger partial charge in [-0.2, -0.15) is 5.10 Å². The van der Waals surface area contributed by atoms with E-state index in [0.29, 0.717) is 18.2 Å². The van der Waals surface area contributed by atoms with E-state index in [9.17, 15) is 5.11 Å². The summed E-state index contributed by atoms with van der Waals surface area (Å²) in [5, 5.41) is 29.2. The Kier molecular flexibility index (Phi) is 4.90. The van der Waals surface area contributed by atoms with Gasteiger partial charge in [-0.15, -0.1) is 10.2 Å². The summed E-state index contributed by atoms with van der Waals surface area (Å²) in [6.07, 6.45) is 0. The fraction of sp³-hybridized carbons (Fsp3) is 0.227. The van der Waals surface area contributed by atoms with Crippen molar-refractivity contribution in [2.45, 2.75) is 25.9 Å². The highest BCUT2D eigenvalue weighted by molar-refractivity contribution is 5.91. The average Bonchev–Trinajstić information content (AvgIpc) is 3.13. The van der Waals surface area contributed by atoms with E-state index >= 15 is 0 Å². The van der Waals surface area contributed by atoms with Crippen molar-refractivity contribution in [3.8, 4) is 11.3 Å². The summed E-state index contributed by atoms with van der Waals surface area (Å²) in [6, 6.07) is 17.7. The number of hydrogen-bond acceptors (Lipinski definition) is 6. The number of aromatic amines is 1. The lowest BCUT2D eigenvalue weighted by molar-refractivity contribution is 0.281. The topological polar surface area (TPSA) is 113 Å². The zero-order valence-corrected chi connectivity index (χ0v) is 16.5. The monoisotopic (exact) mass is 388 g/mol. The molecule has 0 saturated heterocycles. The van der Waals surface area contributed by atoms with Crippen LogP contribution in [0, 0.1) is 0 Å². The number of fused-ring (bicyclic) bond motifs is 1. The van der Waals surface area contributed by atoms with Gasteiger partial charge in [0.15, 0.2) is 5.82 Å². The van der Waals surface area contributed by atoms with E-state index in [0.717, 1.165) is 33.3 Å². The summed E-state index contributed by atoms with van der Waals surface area (Å²) < 4.78 is 0. The molecule has 2 aromatic heterocycles. The van der Waals surface area contributed by atoms with Gasteiger partial charge in [-0.25, -0.2) is 0 Å². The minimum Gasteiger partial charge on any atom is -0.392 e. The maximum atomic E-state index is 9.37. The average molecular weight is 388 g/mol. The predicted octanol–water partition coefficient (Wildman–Crippen LogP) is 3.48. The highest BCUT2D eigenvalue weighted by Crippen LogP contribution is 2.26. The van der Waals surface area contributed by atoms with E-state index in [1.165, 1.54) is 0 Å². The maximum Gasteiger partial charge on any atom is 0.153 e. The van der Waals surface area contributed by atoms with E-state index in [4.69, 9.17) is 5.73 Å². The molecule has 0 aliphatic rings. The summed E-state index contributed by atoms with van der Waals surface area (Å²) in [7, 11) is 0. The number of rotatable bonds is 6. The van der Waals surface area contributed by atoms with Crippen LogP contribution in [-0.4, -0.2) is 32.0 Å². The molecule has 2 aromatic carbocycles. The molecule has 0 aliphatic heterocycles. The van der Waals surface area contributed by atoms with Crippen LogP contribution in [0.1, 0.15) is 25.0 Å². The number of nitrogen functional groups attached to an aromatic ring is 1. The second-order valence-corrected chi connectivity index (χ2v) is 7.77. The molecule has 5 N–H and O–H groups in total. The molecule has 0 radical (unpaired) electrons. The zero-order valence-electron chi connectivity index (χ0n) is 16.5. The van der Waals surface area contributed by atoms with Crippen LogP contribution in [0.15, 0.2) is 54.6 Å². The Bertz CT molecular complexity index is 1130. The fourth-order valence-corrected chi connectivity index (χ4v) is 3.28. The molecule has 0 saturated carbocycles. The van der Waals surface area contributed by atoms with Gasteiger partial charge >= 0.3 is 0 Å². The number of aliphatic hydroxyl groups is 1. The lowest BCUT2D eigenvalue weighted by Crippen LogP contribution is -2.28. The van der Waals surface area contributed by atoms with Crippen LogP contribution >= 0.6 is 0 Å². The molecule has 29 heavy (non-hydrogen) atoms. The third-order valence-corrected chi connectivity index (χ3v) is 5.16. The lowest BCUT2D eigenvalue weighted by Gasteiger charge is -2.26. The highest BCUT2D eigenvalue weighted by atomic mass is 16.3. The Balaban J connectivity index is 1.48. The summed E-state index contributed by atoms with van der Waals surface area (Å²) in [5.41, 5.74) is 10.4. The molecule has 4 aromatic rings. The van der Waals surface area contributed by atoms with Gasteiger partial charge in [0.25, 0.3) is 0 Å². The second-order valence-electron chi connectivity index (χ2n) is 7.77. The van der Waals surface area contributed by atoms with Gasteiger partial charge in [-0.3, -0.25) is 5.10 Å². The number of aromatic nitrogens is 4. The number of benzene rings is 2. The van der Waals surface area contributed by atoms with Crippen LogP contribution in [0.2, 0.25) is 0 Å². The molecule has 0 bridgehead atoms. The smallest absolute Gasteiger partial charge is 0.153 e. The van der Waals surface area contributed by atoms with Crippen molar-refractivity contribution in [3.05, 3.63) is 65.7 Å². The molecule has 2 heterocycles. The Morgan fingerprint density at radius 3 is 2.69 bits per heavy atom. The standard InChI is InChI=1S/C22H24N6O/c1-22(2,16-5-3-4-14(10-16)12-29)13-24-20-9-8-18(25-27-20)15-6-7-19-17(11-15)21(23)28-26-19/h3-11,29H,12-13H2,1-2H3,(H,24,27)(H3,23,26,28). The normalized spacial score (nSPS) is 11.7. The molecule has 148 valence electrons. The molecule has 0 amide bonds. The van der Waals surface area contributed by atoms with Gasteiger partial charge in [-0.1, -0.05) is 44.2 Å². The molecule has 0 spiro atoms. The first-order valence-electron chi connectivity index (χ1n) is 9.48. The molecular weight excluding hydrogens is 364 g/mol. The molecule has 4 rings (SSSR count). The van der Waals surface area contributed by atoms with Crippen molar-refractivity contribution >= 4 is 22.5 Å². The quantitative estimate of drug-likeness (QED) is 0.402. The summed E-state index contributed by atoms with van der Waals surface area (Å²) in [5.74, 6) is 1.18. The Morgan fingerprint density at radius 2 is 1.93 bits per heavy atom. The second kappa shape index (κ2) is 7.52. The number of nitrogens with two attached hydrogens (primary N) is 1. The zero-order chi connectivity index (χ0) is 20.4. The first-order valence-corrected chi connectivity index (χ1v) is 9.48. The maximum absolute atomic E-state index is 9.37. The van der Waals surface area contributed by atoms with Crippen molar-refractivity contribution in [1.29, 1.82) is 0 Å². The molecule has 7 heteroatoms. The number of hydrogen-bond donors (Lipinski definition) is 4. The number of anilines is 2. The minimum atomic E-state index is -0.130. The van der Waals surface area contributed by atoms with Crippen molar-refractivity contribution in [3.63, 3.8) is 0 Å². The first-order chi connectivity index (χ1) is 14.0. The van der Waals surface area contributed by atoms with Crippen LogP contribution in [0.4, 0.5) is 11.6 Å². The Hall–Kier alpha value is -3.45. The summed E-state index contributed by atoms with van der Waals surface area (Å²) in [4.78, 5) is 0. The van der Waals surface area contributed by atoms with E-state index in [-0.39, 0.29) is 12.0 Å². The molecular formula is C22H24N6O. The van der Waals surface area contributed by atoms with Crippen molar-refractivity contribution in [2.24, 2.45) is 0 Å². The summed E-state index contributed by atoms with van der Waals surface area (Å²) in [6.45, 7) is 5.04. The van der Waals surface area contributed by atoms with Gasteiger partial charge in [0.2, 0.25) is 0 Å². The van der Waals surface area contributed by atoms with Crippen molar-refractivity contribution in [2.75, 3.05) is 17.6 Å². The molecule has 0 aliphatic carbocycles. The van der Waals surface area contributed by atoms with Crippen molar-refractivity contribution in [1.82, 2.24) is 20.4 Å². The van der Waals surface area contributed by atoms with Gasteiger partial charge < -0.3 is 16.2 Å². The largest absolute Gasteiger partial charge is 0.392 e. The van der Waals surface area contributed by atoms with Crippen LogP contribution in [0.3, 0.4) is 0 Å². The number of H-pyrrole nitrogens is 1. The van der Waals surface area contributed by atoms with Gasteiger partial charge in [0.05, 0.1) is 17.8 Å². The Labute approximate surface area is 169 Å². The predicted molar refractivity (Wildman–Crippen MR) is 115 cm³/mol. The SMILES string of the molecule is CC(C)(CNc1ccc(-c2ccc3[nH]nc(N)c3c2)nn1)c1cccc(CO)c1. The lowest BCUT2D eigenvalue weighted by atomic mass is 9.84. The highest BCUT2D eigenvalue weighted by Gasteiger charge is 2.21. The van der Waals surface area contributed by atoms with Crippen LogP contribution < -0.4 is 11.1 Å². The van der Waals surface area contributed by atoms with Crippen LogP contribution in [-0.2, 0) is 12.0 Å². The third-order valence-electron chi connectivity index (χ3n) is 5.16. The van der Waals surface area contributed by atoms with Gasteiger partial charge in [0, 0.05) is 22.9 Å². The third kappa shape index (κ3) is 3.90. The number of nitrogens with one attached hydrogen (secondary N) is 2. The molecule has 0 atom stereocenters. The Morgan fingerprint density at radius 1 is 1.07 bits per heavy atom. The molecule has 0 fully saturated rings. The molecule has 0 unspecified atom stereocenters. The van der Waals surface area contributed by atoms with Crippen LogP contribution in [0.25, 0.3) is 22.2 Å². The van der Waals surface area contributed by atoms with Gasteiger partial charge in [-0.05, 0) is 35.4 Å². The van der Waals surface area contributed by atoms with Gasteiger partial charge in [0.1, 0.15) is 5.82 Å². The molecule has 7 nitrogen and oxygen atoms in total. The van der Waals surface area contributed by atoms with Crippen LogP contribution in [0.5, 0.6) is 0 Å². The van der Waals surface area contributed by atoms with E-state index in [1.54, 1.807) is 0 Å². The van der Waals surface area contributed by atoms with E-state index in [1.807, 2.05) is 48.5 Å².